The third kappa shape index (κ3) is 6.29. The van der Waals surface area contributed by atoms with Crippen molar-refractivity contribution < 1.29 is 32.6 Å². The quantitative estimate of drug-likeness (QED) is 0.232. The summed E-state index contributed by atoms with van der Waals surface area (Å²) in [5, 5.41) is 6.35. The molecule has 72 valence electrons. The van der Waals surface area contributed by atoms with Crippen LogP contribution in [0.25, 0.3) is 0 Å². The Balaban J connectivity index is 4.35. The van der Waals surface area contributed by atoms with Crippen molar-refractivity contribution in [2.45, 2.75) is 0 Å². The molecule has 0 rings (SSSR count). The minimum Gasteiger partial charge on any atom is -0.371 e. The van der Waals surface area contributed by atoms with Crippen LogP contribution in [0.1, 0.15) is 0 Å². The molecule has 0 radical (unpaired) electrons. The summed E-state index contributed by atoms with van der Waals surface area (Å²) >= 11 is 0. The van der Waals surface area contributed by atoms with Crippen LogP contribution >= 0.6 is 15.6 Å². The molecular formula is CH6N2O7P2. The smallest absolute Gasteiger partial charge is 0.371 e. The molecule has 0 spiro atoms. The highest BCUT2D eigenvalue weighted by atomic mass is 31.3. The Hall–Kier alpha value is -0.430. The first-order valence-electron chi connectivity index (χ1n) is 2.26. The second kappa shape index (κ2) is 3.53. The van der Waals surface area contributed by atoms with Crippen molar-refractivity contribution in [1.82, 2.24) is 0 Å². The molecule has 0 fully saturated rings. The molecule has 6 N–H and O–H groups in total. The Morgan fingerprint density at radius 2 is 1.75 bits per heavy atom. The molecule has 0 heterocycles. The molecule has 1 unspecified atom stereocenters. The van der Waals surface area contributed by atoms with Crippen LogP contribution < -0.4 is 5.73 Å². The maximum Gasteiger partial charge on any atom is 0.538 e. The van der Waals surface area contributed by atoms with Gasteiger partial charge in [-0.15, -0.1) is 0 Å². The molecule has 0 amide bonds. The van der Waals surface area contributed by atoms with Crippen LogP contribution in [-0.2, 0) is 18.0 Å². The maximum absolute atomic E-state index is 10.4. The SMILES string of the molecule is N=C(N)OP(=O)(O)OP(=O)(O)O. The Labute approximate surface area is 66.5 Å². The minimum atomic E-state index is -5.13. The van der Waals surface area contributed by atoms with Crippen LogP contribution in [0.5, 0.6) is 0 Å². The van der Waals surface area contributed by atoms with Crippen LogP contribution in [0.15, 0.2) is 0 Å². The summed E-state index contributed by atoms with van der Waals surface area (Å²) in [6, 6.07) is -1.19. The van der Waals surface area contributed by atoms with Crippen molar-refractivity contribution in [2.75, 3.05) is 0 Å². The molecule has 0 aromatic heterocycles. The molecule has 12 heavy (non-hydrogen) atoms. The minimum absolute atomic E-state index is 1.19. The highest BCUT2D eigenvalue weighted by Gasteiger charge is 2.34. The number of phosphoric acid groups is 2. The van der Waals surface area contributed by atoms with E-state index in [9.17, 15) is 9.13 Å². The zero-order chi connectivity index (χ0) is 9.99. The third-order valence-corrected chi connectivity index (χ3v) is 2.53. The molecule has 0 saturated heterocycles. The van der Waals surface area contributed by atoms with Gasteiger partial charge >= 0.3 is 15.6 Å². The van der Waals surface area contributed by atoms with Gasteiger partial charge < -0.3 is 20.0 Å². The fourth-order valence-electron chi connectivity index (χ4n) is 0.275. The lowest BCUT2D eigenvalue weighted by Crippen LogP contribution is -2.12. The lowest BCUT2D eigenvalue weighted by Gasteiger charge is -2.10. The van der Waals surface area contributed by atoms with Crippen molar-refractivity contribution in [2.24, 2.45) is 5.73 Å². The number of nitrogens with two attached hydrogens (primary N) is 1. The van der Waals surface area contributed by atoms with E-state index in [1.54, 1.807) is 0 Å². The second-order valence-electron chi connectivity index (χ2n) is 1.50. The van der Waals surface area contributed by atoms with Gasteiger partial charge in [0.15, 0.2) is 0 Å². The molecule has 0 bridgehead atoms. The first-order valence-corrected chi connectivity index (χ1v) is 5.28. The summed E-state index contributed by atoms with van der Waals surface area (Å²) in [5.74, 6) is 0. The van der Waals surface area contributed by atoms with Crippen LogP contribution in [-0.4, -0.2) is 20.7 Å². The molecule has 0 aliphatic carbocycles. The lowest BCUT2D eigenvalue weighted by atomic mass is 11.3. The monoisotopic (exact) mass is 220 g/mol. The van der Waals surface area contributed by atoms with Gasteiger partial charge in [-0.25, -0.2) is 9.13 Å². The molecular weight excluding hydrogens is 214 g/mol. The summed E-state index contributed by atoms with van der Waals surface area (Å²) in [5.41, 5.74) is 4.49. The summed E-state index contributed by atoms with van der Waals surface area (Å²) in [4.78, 5) is 24.5. The highest BCUT2D eigenvalue weighted by molar-refractivity contribution is 7.61. The van der Waals surface area contributed by atoms with E-state index in [4.69, 9.17) is 20.1 Å². The standard InChI is InChI=1S/CH6N2O7P2/c2-1(3)9-12(7,8)10-11(4,5)6/h(H3,2,3)(H,7,8)(H2,4,5,6). The molecule has 11 heteroatoms. The van der Waals surface area contributed by atoms with Crippen molar-refractivity contribution in [1.29, 1.82) is 5.41 Å². The van der Waals surface area contributed by atoms with Gasteiger partial charge in [0.05, 0.1) is 0 Å². The summed E-state index contributed by atoms with van der Waals surface area (Å²) in [6.07, 6.45) is 0. The highest BCUT2D eigenvalue weighted by Crippen LogP contribution is 2.57. The Morgan fingerprint density at radius 1 is 1.33 bits per heavy atom. The Morgan fingerprint density at radius 3 is 2.00 bits per heavy atom. The molecule has 0 aliphatic rings. The van der Waals surface area contributed by atoms with Crippen LogP contribution in [0.2, 0.25) is 0 Å². The summed E-state index contributed by atoms with van der Waals surface area (Å²) in [6.45, 7) is 0. The first-order chi connectivity index (χ1) is 5.12. The van der Waals surface area contributed by atoms with Gasteiger partial charge in [0.1, 0.15) is 0 Å². The zero-order valence-corrected chi connectivity index (χ0v) is 7.24. The van der Waals surface area contributed by atoms with Gasteiger partial charge in [0, 0.05) is 0 Å². The molecule has 0 saturated carbocycles. The molecule has 0 aromatic rings. The van der Waals surface area contributed by atoms with Gasteiger partial charge in [-0.05, 0) is 0 Å². The summed E-state index contributed by atoms with van der Waals surface area (Å²) < 4.78 is 27.3. The number of amidine groups is 1. The van der Waals surface area contributed by atoms with E-state index in [1.165, 1.54) is 0 Å². The van der Waals surface area contributed by atoms with Crippen molar-refractivity contribution >= 4 is 21.7 Å². The van der Waals surface area contributed by atoms with Crippen molar-refractivity contribution in [3.8, 4) is 0 Å². The second-order valence-corrected chi connectivity index (χ2v) is 4.25. The average Bonchev–Trinajstić information content (AvgIpc) is 1.48. The number of hydrogen-bond donors (Lipinski definition) is 5. The predicted octanol–water partition coefficient (Wildman–Crippen LogP) is -0.894. The van der Waals surface area contributed by atoms with E-state index in [2.05, 4.69) is 14.6 Å². The fraction of sp³-hybridized carbons (Fsp3) is 0. The van der Waals surface area contributed by atoms with E-state index in [1.807, 2.05) is 0 Å². The number of phosphoric ester groups is 1. The van der Waals surface area contributed by atoms with Crippen LogP contribution in [0, 0.1) is 5.41 Å². The Kier molecular flexibility index (Phi) is 3.40. The zero-order valence-electron chi connectivity index (χ0n) is 5.45. The first kappa shape index (κ1) is 11.6. The topological polar surface area (TPSA) is 163 Å². The van der Waals surface area contributed by atoms with Crippen LogP contribution in [0.4, 0.5) is 0 Å². The number of nitrogens with one attached hydrogen (secondary N) is 1. The van der Waals surface area contributed by atoms with Crippen molar-refractivity contribution in [3.63, 3.8) is 0 Å². The van der Waals surface area contributed by atoms with Crippen molar-refractivity contribution in [3.05, 3.63) is 0 Å². The Bertz CT molecular complexity index is 267. The number of hydrogen-bond acceptors (Lipinski definition) is 5. The maximum atomic E-state index is 10.4. The van der Waals surface area contributed by atoms with E-state index < -0.39 is 21.7 Å². The van der Waals surface area contributed by atoms with Gasteiger partial charge in [-0.1, -0.05) is 0 Å². The van der Waals surface area contributed by atoms with Crippen LogP contribution in [0.3, 0.4) is 0 Å². The van der Waals surface area contributed by atoms with Gasteiger partial charge in [-0.2, -0.15) is 4.31 Å². The molecule has 9 nitrogen and oxygen atoms in total. The van der Waals surface area contributed by atoms with E-state index in [-0.39, 0.29) is 0 Å². The average molecular weight is 220 g/mol. The molecule has 0 aromatic carbocycles. The van der Waals surface area contributed by atoms with E-state index in [0.29, 0.717) is 0 Å². The van der Waals surface area contributed by atoms with Gasteiger partial charge in [-0.3, -0.25) is 10.3 Å². The third-order valence-electron chi connectivity index (χ3n) is 0.423. The molecule has 0 aliphatic heterocycles. The lowest BCUT2D eigenvalue weighted by molar-refractivity contribution is 0.226. The predicted molar refractivity (Wildman–Crippen MR) is 36.0 cm³/mol. The largest absolute Gasteiger partial charge is 0.538 e. The summed E-state index contributed by atoms with van der Waals surface area (Å²) in [7, 11) is -10.1. The van der Waals surface area contributed by atoms with E-state index >= 15 is 0 Å². The van der Waals surface area contributed by atoms with Gasteiger partial charge in [0.2, 0.25) is 0 Å². The molecule has 1 atom stereocenters. The fourth-order valence-corrected chi connectivity index (χ4v) is 1.73. The number of rotatable bonds is 3. The normalized spacial score (nSPS) is 16.6. The van der Waals surface area contributed by atoms with E-state index in [0.717, 1.165) is 0 Å². The van der Waals surface area contributed by atoms with Gasteiger partial charge in [0.25, 0.3) is 6.02 Å².